The highest BCUT2D eigenvalue weighted by molar-refractivity contribution is 5.77. The zero-order valence-electron chi connectivity index (χ0n) is 11.7. The fourth-order valence-electron chi connectivity index (χ4n) is 2.46. The summed E-state index contributed by atoms with van der Waals surface area (Å²) >= 11 is 0. The number of benzene rings is 1. The van der Waals surface area contributed by atoms with Crippen LogP contribution in [0.2, 0.25) is 0 Å². The summed E-state index contributed by atoms with van der Waals surface area (Å²) in [5, 5.41) is 0. The van der Waals surface area contributed by atoms with Crippen molar-refractivity contribution in [1.29, 1.82) is 0 Å². The number of anilines is 1. The van der Waals surface area contributed by atoms with E-state index in [0.717, 1.165) is 17.7 Å². The molecule has 1 amide bonds. The fraction of sp³-hybridized carbons (Fsp3) is 0.533. The second kappa shape index (κ2) is 5.61. The van der Waals surface area contributed by atoms with Crippen molar-refractivity contribution in [1.82, 2.24) is 4.90 Å². The third-order valence-electron chi connectivity index (χ3n) is 3.52. The standard InChI is InChI=1S/C15H22N2O2/c1-15(2)11-19-9-8-17(15)14(18)7-6-12-4-3-5-13(16)10-12/h3-5,10H,6-9,11,16H2,1-2H3. The van der Waals surface area contributed by atoms with Crippen LogP contribution in [0.25, 0.3) is 0 Å². The lowest BCUT2D eigenvalue weighted by Gasteiger charge is -2.42. The second-order valence-electron chi connectivity index (χ2n) is 5.66. The first-order valence-electron chi connectivity index (χ1n) is 6.72. The summed E-state index contributed by atoms with van der Waals surface area (Å²) in [7, 11) is 0. The first-order chi connectivity index (χ1) is 8.99. The van der Waals surface area contributed by atoms with Gasteiger partial charge in [0.25, 0.3) is 0 Å². The van der Waals surface area contributed by atoms with E-state index in [1.165, 1.54) is 0 Å². The number of carbonyl (C=O) groups is 1. The van der Waals surface area contributed by atoms with Crippen molar-refractivity contribution in [3.63, 3.8) is 0 Å². The average Bonchev–Trinajstić information content (AvgIpc) is 2.35. The fourth-order valence-corrected chi connectivity index (χ4v) is 2.46. The maximum Gasteiger partial charge on any atom is 0.223 e. The van der Waals surface area contributed by atoms with Gasteiger partial charge in [0, 0.05) is 18.7 Å². The quantitative estimate of drug-likeness (QED) is 0.846. The van der Waals surface area contributed by atoms with E-state index in [1.54, 1.807) is 0 Å². The maximum atomic E-state index is 12.3. The maximum absolute atomic E-state index is 12.3. The largest absolute Gasteiger partial charge is 0.399 e. The number of rotatable bonds is 3. The van der Waals surface area contributed by atoms with Gasteiger partial charge in [0.05, 0.1) is 18.8 Å². The Bertz CT molecular complexity index is 457. The Hall–Kier alpha value is -1.55. The summed E-state index contributed by atoms with van der Waals surface area (Å²) in [6.07, 6.45) is 1.25. The highest BCUT2D eigenvalue weighted by Crippen LogP contribution is 2.20. The molecule has 4 nitrogen and oxygen atoms in total. The third-order valence-corrected chi connectivity index (χ3v) is 3.52. The number of carbonyl (C=O) groups excluding carboxylic acids is 1. The smallest absolute Gasteiger partial charge is 0.223 e. The average molecular weight is 262 g/mol. The Kier molecular flexibility index (Phi) is 4.10. The van der Waals surface area contributed by atoms with E-state index in [1.807, 2.05) is 43.0 Å². The summed E-state index contributed by atoms with van der Waals surface area (Å²) in [6, 6.07) is 7.72. The number of nitrogens with two attached hydrogens (primary N) is 1. The van der Waals surface area contributed by atoms with Gasteiger partial charge in [-0.05, 0) is 38.0 Å². The van der Waals surface area contributed by atoms with E-state index < -0.39 is 0 Å². The van der Waals surface area contributed by atoms with Crippen molar-refractivity contribution < 1.29 is 9.53 Å². The molecule has 1 aliphatic heterocycles. The lowest BCUT2D eigenvalue weighted by molar-refractivity contribution is -0.146. The van der Waals surface area contributed by atoms with Gasteiger partial charge in [-0.3, -0.25) is 4.79 Å². The Morgan fingerprint density at radius 3 is 2.95 bits per heavy atom. The Labute approximate surface area is 114 Å². The Morgan fingerprint density at radius 2 is 2.26 bits per heavy atom. The molecule has 0 aromatic heterocycles. The number of nitrogens with zero attached hydrogens (tertiary/aromatic N) is 1. The molecule has 0 saturated carbocycles. The minimum Gasteiger partial charge on any atom is -0.399 e. The van der Waals surface area contributed by atoms with Gasteiger partial charge >= 0.3 is 0 Å². The van der Waals surface area contributed by atoms with Crippen LogP contribution in [-0.4, -0.2) is 36.1 Å². The first-order valence-corrected chi connectivity index (χ1v) is 6.72. The van der Waals surface area contributed by atoms with Crippen molar-refractivity contribution in [2.75, 3.05) is 25.5 Å². The molecule has 1 aliphatic rings. The molecule has 1 saturated heterocycles. The SMILES string of the molecule is CC1(C)COCCN1C(=O)CCc1cccc(N)c1. The van der Waals surface area contributed by atoms with E-state index in [-0.39, 0.29) is 11.4 Å². The molecule has 104 valence electrons. The topological polar surface area (TPSA) is 55.6 Å². The molecule has 0 unspecified atom stereocenters. The van der Waals surface area contributed by atoms with E-state index in [9.17, 15) is 4.79 Å². The van der Waals surface area contributed by atoms with Crippen LogP contribution >= 0.6 is 0 Å². The molecule has 2 N–H and O–H groups in total. The van der Waals surface area contributed by atoms with Gasteiger partial charge in [0.2, 0.25) is 5.91 Å². The zero-order chi connectivity index (χ0) is 13.9. The number of nitrogen functional groups attached to an aromatic ring is 1. The number of hydrogen-bond donors (Lipinski definition) is 1. The van der Waals surface area contributed by atoms with Gasteiger partial charge in [-0.25, -0.2) is 0 Å². The van der Waals surface area contributed by atoms with Gasteiger partial charge in [0.1, 0.15) is 0 Å². The molecular formula is C15H22N2O2. The molecule has 2 rings (SSSR count). The Balaban J connectivity index is 1.94. The van der Waals surface area contributed by atoms with Crippen LogP contribution in [-0.2, 0) is 16.0 Å². The molecule has 1 heterocycles. The van der Waals surface area contributed by atoms with Gasteiger partial charge < -0.3 is 15.4 Å². The summed E-state index contributed by atoms with van der Waals surface area (Å²) in [5.41, 5.74) is 7.39. The van der Waals surface area contributed by atoms with Gasteiger partial charge in [-0.1, -0.05) is 12.1 Å². The summed E-state index contributed by atoms with van der Waals surface area (Å²) in [6.45, 7) is 6.02. The number of ether oxygens (including phenoxy) is 1. The molecule has 4 heteroatoms. The second-order valence-corrected chi connectivity index (χ2v) is 5.66. The normalized spacial score (nSPS) is 18.3. The lowest BCUT2D eigenvalue weighted by atomic mass is 10.0. The number of amides is 1. The molecule has 0 radical (unpaired) electrons. The van der Waals surface area contributed by atoms with E-state index >= 15 is 0 Å². The minimum atomic E-state index is -0.203. The number of aryl methyl sites for hydroxylation is 1. The van der Waals surface area contributed by atoms with Crippen molar-refractivity contribution >= 4 is 11.6 Å². The summed E-state index contributed by atoms with van der Waals surface area (Å²) in [4.78, 5) is 14.2. The molecule has 0 aliphatic carbocycles. The Morgan fingerprint density at radius 1 is 1.47 bits per heavy atom. The van der Waals surface area contributed by atoms with Crippen LogP contribution < -0.4 is 5.73 Å². The first kappa shape index (κ1) is 13.9. The minimum absolute atomic E-state index is 0.190. The van der Waals surface area contributed by atoms with Crippen molar-refractivity contribution in [3.8, 4) is 0 Å². The molecule has 1 aromatic rings. The highest BCUT2D eigenvalue weighted by Gasteiger charge is 2.33. The van der Waals surface area contributed by atoms with E-state index in [4.69, 9.17) is 10.5 Å². The van der Waals surface area contributed by atoms with Crippen LogP contribution in [0.15, 0.2) is 24.3 Å². The highest BCUT2D eigenvalue weighted by atomic mass is 16.5. The third kappa shape index (κ3) is 3.47. The van der Waals surface area contributed by atoms with Gasteiger partial charge in [0.15, 0.2) is 0 Å². The molecule has 19 heavy (non-hydrogen) atoms. The molecule has 0 bridgehead atoms. The number of morpholine rings is 1. The molecule has 0 spiro atoms. The van der Waals surface area contributed by atoms with Crippen LogP contribution in [0.1, 0.15) is 25.8 Å². The van der Waals surface area contributed by atoms with Crippen LogP contribution in [0.5, 0.6) is 0 Å². The monoisotopic (exact) mass is 262 g/mol. The molecular weight excluding hydrogens is 240 g/mol. The van der Waals surface area contributed by atoms with Crippen LogP contribution in [0.3, 0.4) is 0 Å². The van der Waals surface area contributed by atoms with Crippen molar-refractivity contribution in [3.05, 3.63) is 29.8 Å². The lowest BCUT2D eigenvalue weighted by Crippen LogP contribution is -2.55. The number of hydrogen-bond acceptors (Lipinski definition) is 3. The van der Waals surface area contributed by atoms with Crippen LogP contribution in [0.4, 0.5) is 5.69 Å². The predicted molar refractivity (Wildman–Crippen MR) is 75.8 cm³/mol. The molecule has 1 fully saturated rings. The van der Waals surface area contributed by atoms with Crippen molar-refractivity contribution in [2.45, 2.75) is 32.2 Å². The van der Waals surface area contributed by atoms with E-state index in [0.29, 0.717) is 26.2 Å². The van der Waals surface area contributed by atoms with E-state index in [2.05, 4.69) is 0 Å². The van der Waals surface area contributed by atoms with Gasteiger partial charge in [-0.2, -0.15) is 0 Å². The molecule has 1 aromatic carbocycles. The summed E-state index contributed by atoms with van der Waals surface area (Å²) < 4.78 is 5.43. The van der Waals surface area contributed by atoms with Gasteiger partial charge in [-0.15, -0.1) is 0 Å². The predicted octanol–water partition coefficient (Wildman–Crippen LogP) is 1.84. The van der Waals surface area contributed by atoms with Crippen LogP contribution in [0, 0.1) is 0 Å². The summed E-state index contributed by atoms with van der Waals surface area (Å²) in [5.74, 6) is 0.190. The zero-order valence-corrected chi connectivity index (χ0v) is 11.7. The van der Waals surface area contributed by atoms with Crippen molar-refractivity contribution in [2.24, 2.45) is 0 Å². The molecule has 0 atom stereocenters.